The van der Waals surface area contributed by atoms with Gasteiger partial charge in [-0.15, -0.1) is 0 Å². The fraction of sp³-hybridized carbons (Fsp3) is 0.455. The van der Waals surface area contributed by atoms with Gasteiger partial charge >= 0.3 is 0 Å². The molecule has 0 aromatic heterocycles. The van der Waals surface area contributed by atoms with E-state index in [1.165, 1.54) is 0 Å². The average molecular weight is 279 g/mol. The normalized spacial score (nSPS) is 11.6. The Labute approximate surface area is 106 Å². The molecule has 1 aromatic carbocycles. The van der Waals surface area contributed by atoms with E-state index in [-0.39, 0.29) is 0 Å². The monoisotopic (exact) mass is 278 g/mol. The van der Waals surface area contributed by atoms with Gasteiger partial charge in [0.25, 0.3) is 0 Å². The molecule has 0 aliphatic rings. The Hall–Kier alpha value is -0.190. The second-order valence-electron chi connectivity index (χ2n) is 3.44. The molecule has 0 unspecified atom stereocenters. The Morgan fingerprint density at radius 3 is 2.38 bits per heavy atom. The van der Waals surface area contributed by atoms with Crippen LogP contribution in [0.3, 0.4) is 0 Å². The molecule has 5 heteroatoms. The number of rotatable bonds is 6. The van der Waals surface area contributed by atoms with Crippen LogP contribution in [-0.2, 0) is 8.87 Å². The number of hydrogen-bond donors (Lipinski definition) is 0. The van der Waals surface area contributed by atoms with Crippen LogP contribution >= 0.6 is 22.4 Å². The molecule has 0 spiro atoms. The molecular formula is C11H15ClO2S2. The molecule has 0 aliphatic heterocycles. The smallest absolute Gasteiger partial charge is 0.212 e. The molecule has 0 aliphatic carbocycles. The lowest BCUT2D eigenvalue weighted by atomic mass is 10.3. The zero-order valence-corrected chi connectivity index (χ0v) is 11.5. The van der Waals surface area contributed by atoms with Crippen molar-refractivity contribution in [3.05, 3.63) is 29.3 Å². The maximum atomic E-state index is 11.8. The van der Waals surface area contributed by atoms with Gasteiger partial charge in [-0.2, -0.15) is 0 Å². The van der Waals surface area contributed by atoms with E-state index in [0.29, 0.717) is 15.7 Å². The van der Waals surface area contributed by atoms with Gasteiger partial charge in [-0.05, 0) is 41.5 Å². The van der Waals surface area contributed by atoms with Crippen LogP contribution < -0.4 is 0 Å². The predicted octanol–water partition coefficient (Wildman–Crippen LogP) is 3.95. The minimum Gasteiger partial charge on any atom is -0.212 e. The van der Waals surface area contributed by atoms with Crippen molar-refractivity contribution in [2.24, 2.45) is 0 Å². The van der Waals surface area contributed by atoms with Gasteiger partial charge in [-0.1, -0.05) is 31.4 Å². The molecule has 0 fully saturated rings. The minimum absolute atomic E-state index is 0.332. The zero-order valence-electron chi connectivity index (χ0n) is 9.15. The first-order valence-electron chi connectivity index (χ1n) is 5.21. The first-order chi connectivity index (χ1) is 7.56. The summed E-state index contributed by atoms with van der Waals surface area (Å²) in [6, 6.07) is 6.29. The number of benzene rings is 1. The second kappa shape index (κ2) is 6.52. The van der Waals surface area contributed by atoms with Crippen LogP contribution in [0.4, 0.5) is 0 Å². The van der Waals surface area contributed by atoms with Crippen molar-refractivity contribution in [2.45, 2.75) is 31.1 Å². The Kier molecular flexibility index (Phi) is 5.66. The molecule has 2 nitrogen and oxygen atoms in total. The lowest BCUT2D eigenvalue weighted by Crippen LogP contribution is -1.96. The largest absolute Gasteiger partial charge is 0.229 e. The van der Waals surface area contributed by atoms with E-state index in [9.17, 15) is 8.42 Å². The van der Waals surface area contributed by atoms with Crippen LogP contribution in [0, 0.1) is 0 Å². The summed E-state index contributed by atoms with van der Waals surface area (Å²) in [7, 11) is -2.19. The van der Waals surface area contributed by atoms with E-state index in [2.05, 4.69) is 6.92 Å². The van der Waals surface area contributed by atoms with Gasteiger partial charge in [0.2, 0.25) is 8.87 Å². The fourth-order valence-electron chi connectivity index (χ4n) is 1.19. The van der Waals surface area contributed by atoms with Crippen molar-refractivity contribution in [3.8, 4) is 0 Å². The summed E-state index contributed by atoms with van der Waals surface area (Å²) in [6.45, 7) is 2.10. The van der Waals surface area contributed by atoms with E-state index < -0.39 is 8.87 Å². The van der Waals surface area contributed by atoms with Gasteiger partial charge in [0.1, 0.15) is 0 Å². The zero-order chi connectivity index (χ0) is 12.0. The molecule has 0 heterocycles. The number of hydrogen-bond acceptors (Lipinski definition) is 3. The summed E-state index contributed by atoms with van der Waals surface area (Å²) < 4.78 is 23.7. The maximum absolute atomic E-state index is 11.8. The standard InChI is InChI=1S/C11H15ClO2S2/c1-2-3-4-9-15-16(13,14)11-7-5-10(12)6-8-11/h5-8H,2-4,9H2,1H3. The minimum atomic E-state index is -3.20. The molecule has 0 amide bonds. The van der Waals surface area contributed by atoms with Crippen molar-refractivity contribution < 1.29 is 8.42 Å². The van der Waals surface area contributed by atoms with Crippen LogP contribution in [0.5, 0.6) is 0 Å². The Balaban J connectivity index is 2.60. The van der Waals surface area contributed by atoms with Crippen LogP contribution in [-0.4, -0.2) is 14.2 Å². The highest BCUT2D eigenvalue weighted by molar-refractivity contribution is 8.72. The molecule has 0 atom stereocenters. The summed E-state index contributed by atoms with van der Waals surface area (Å²) in [6.07, 6.45) is 3.11. The average Bonchev–Trinajstić information content (AvgIpc) is 2.25. The molecular weight excluding hydrogens is 264 g/mol. The highest BCUT2D eigenvalue weighted by Gasteiger charge is 2.14. The van der Waals surface area contributed by atoms with E-state index in [1.807, 2.05) is 0 Å². The molecule has 1 aromatic rings. The summed E-state index contributed by atoms with van der Waals surface area (Å²) in [5.74, 6) is 0.652. The molecule has 1 rings (SSSR count). The summed E-state index contributed by atoms with van der Waals surface area (Å²) in [5, 5.41) is 0.551. The quantitative estimate of drug-likeness (QED) is 0.584. The van der Waals surface area contributed by atoms with E-state index in [0.717, 1.165) is 30.1 Å². The third-order valence-electron chi connectivity index (χ3n) is 2.09. The SMILES string of the molecule is CCCCCSS(=O)(=O)c1ccc(Cl)cc1. The summed E-state index contributed by atoms with van der Waals surface area (Å²) >= 11 is 5.71. The molecule has 16 heavy (non-hydrogen) atoms. The van der Waals surface area contributed by atoms with Crippen molar-refractivity contribution in [1.82, 2.24) is 0 Å². The van der Waals surface area contributed by atoms with Crippen molar-refractivity contribution in [3.63, 3.8) is 0 Å². The highest BCUT2D eigenvalue weighted by Crippen LogP contribution is 2.25. The van der Waals surface area contributed by atoms with Crippen molar-refractivity contribution in [1.29, 1.82) is 0 Å². The van der Waals surface area contributed by atoms with Crippen LogP contribution in [0.15, 0.2) is 29.2 Å². The summed E-state index contributed by atoms with van der Waals surface area (Å²) in [5.41, 5.74) is 0. The third-order valence-corrected chi connectivity index (χ3v) is 5.96. The molecule has 0 saturated carbocycles. The number of halogens is 1. The second-order valence-corrected chi connectivity index (χ2v) is 7.92. The highest BCUT2D eigenvalue weighted by atomic mass is 35.5. The van der Waals surface area contributed by atoms with Crippen molar-refractivity contribution in [2.75, 3.05) is 5.75 Å². The maximum Gasteiger partial charge on any atom is 0.229 e. The Morgan fingerprint density at radius 1 is 1.19 bits per heavy atom. The van der Waals surface area contributed by atoms with Crippen molar-refractivity contribution >= 4 is 31.3 Å². The Bertz CT molecular complexity index is 412. The first-order valence-corrected chi connectivity index (χ1v) is 8.57. The number of unbranched alkanes of at least 4 members (excludes halogenated alkanes) is 2. The fourth-order valence-corrected chi connectivity index (χ4v) is 4.22. The van der Waals surface area contributed by atoms with E-state index in [1.54, 1.807) is 24.3 Å². The molecule has 90 valence electrons. The molecule has 0 N–H and O–H groups in total. The van der Waals surface area contributed by atoms with Crippen LogP contribution in [0.1, 0.15) is 26.2 Å². The van der Waals surface area contributed by atoms with E-state index >= 15 is 0 Å². The van der Waals surface area contributed by atoms with Gasteiger partial charge in [-0.25, -0.2) is 8.42 Å². The van der Waals surface area contributed by atoms with Crippen LogP contribution in [0.25, 0.3) is 0 Å². The molecule has 0 bridgehead atoms. The summed E-state index contributed by atoms with van der Waals surface area (Å²) in [4.78, 5) is 0.332. The Morgan fingerprint density at radius 2 is 1.81 bits per heavy atom. The van der Waals surface area contributed by atoms with Gasteiger partial charge < -0.3 is 0 Å². The lowest BCUT2D eigenvalue weighted by molar-refractivity contribution is 0.610. The predicted molar refractivity (Wildman–Crippen MR) is 70.6 cm³/mol. The third kappa shape index (κ3) is 4.36. The van der Waals surface area contributed by atoms with Crippen LogP contribution in [0.2, 0.25) is 5.02 Å². The van der Waals surface area contributed by atoms with Gasteiger partial charge in [0, 0.05) is 10.8 Å². The lowest BCUT2D eigenvalue weighted by Gasteiger charge is -2.03. The molecule has 0 saturated heterocycles. The first kappa shape index (κ1) is 13.9. The van der Waals surface area contributed by atoms with E-state index in [4.69, 9.17) is 11.6 Å². The van der Waals surface area contributed by atoms with Gasteiger partial charge in [0.15, 0.2) is 0 Å². The van der Waals surface area contributed by atoms with Gasteiger partial charge in [0.05, 0.1) is 4.90 Å². The topological polar surface area (TPSA) is 34.1 Å². The van der Waals surface area contributed by atoms with Gasteiger partial charge in [-0.3, -0.25) is 0 Å². The molecule has 0 radical (unpaired) electrons.